The first kappa shape index (κ1) is 10.5. The zero-order valence-corrected chi connectivity index (χ0v) is 8.37. The van der Waals surface area contributed by atoms with Crippen LogP contribution in [0.25, 0.3) is 0 Å². The molecule has 3 nitrogen and oxygen atoms in total. The number of hydrogen-bond acceptors (Lipinski definition) is 1. The van der Waals surface area contributed by atoms with Crippen molar-refractivity contribution in [3.05, 3.63) is 35.4 Å². The predicted octanol–water partition coefficient (Wildman–Crippen LogP) is 1.93. The first-order chi connectivity index (χ1) is 6.03. The second kappa shape index (κ2) is 4.05. The molecule has 0 aliphatic carbocycles. The summed E-state index contributed by atoms with van der Waals surface area (Å²) in [6, 6.07) is 7.33. The lowest BCUT2D eigenvalue weighted by Gasteiger charge is -2.08. The van der Waals surface area contributed by atoms with Crippen LogP contribution in [-0.4, -0.2) is 9.79 Å². The number of rotatable bonds is 3. The fourth-order valence-electron chi connectivity index (χ4n) is 1.28. The van der Waals surface area contributed by atoms with E-state index < -0.39 is 7.60 Å². The summed E-state index contributed by atoms with van der Waals surface area (Å²) in [7, 11) is -3.93. The van der Waals surface area contributed by atoms with Crippen molar-refractivity contribution in [1.82, 2.24) is 0 Å². The first-order valence-corrected chi connectivity index (χ1v) is 5.94. The Balaban J connectivity index is 2.94. The molecule has 0 spiro atoms. The largest absolute Gasteiger partial charge is 0.329 e. The van der Waals surface area contributed by atoms with Gasteiger partial charge in [-0.1, -0.05) is 31.2 Å². The van der Waals surface area contributed by atoms with Gasteiger partial charge in [-0.2, -0.15) is 0 Å². The summed E-state index contributed by atoms with van der Waals surface area (Å²) in [6.07, 6.45) is 0.646. The Bertz CT molecular complexity index is 329. The maximum atomic E-state index is 10.8. The molecule has 13 heavy (non-hydrogen) atoms. The quantitative estimate of drug-likeness (QED) is 0.733. The molecule has 0 unspecified atom stereocenters. The second-order valence-corrected chi connectivity index (χ2v) is 4.59. The van der Waals surface area contributed by atoms with Gasteiger partial charge in [0.1, 0.15) is 0 Å². The average molecular weight is 200 g/mol. The summed E-state index contributed by atoms with van der Waals surface area (Å²) >= 11 is 0. The molecule has 0 heterocycles. The van der Waals surface area contributed by atoms with Crippen LogP contribution in [0.2, 0.25) is 0 Å². The zero-order chi connectivity index (χ0) is 9.90. The van der Waals surface area contributed by atoms with Gasteiger partial charge in [-0.15, -0.1) is 0 Å². The molecule has 0 saturated heterocycles. The molecule has 0 aliphatic rings. The average Bonchev–Trinajstić information content (AvgIpc) is 2.02. The van der Waals surface area contributed by atoms with Gasteiger partial charge in [0.25, 0.3) is 0 Å². The van der Waals surface area contributed by atoms with Crippen molar-refractivity contribution in [3.8, 4) is 0 Å². The van der Waals surface area contributed by atoms with E-state index in [4.69, 9.17) is 9.79 Å². The zero-order valence-electron chi connectivity index (χ0n) is 7.47. The van der Waals surface area contributed by atoms with Crippen molar-refractivity contribution in [2.75, 3.05) is 0 Å². The lowest BCUT2D eigenvalue weighted by molar-refractivity contribution is 0.371. The Kier molecular flexibility index (Phi) is 3.26. The van der Waals surface area contributed by atoms with Crippen molar-refractivity contribution in [2.45, 2.75) is 19.5 Å². The molecule has 1 aromatic carbocycles. The molecule has 0 bridgehead atoms. The van der Waals surface area contributed by atoms with E-state index in [9.17, 15) is 4.57 Å². The van der Waals surface area contributed by atoms with Crippen LogP contribution in [0.15, 0.2) is 24.3 Å². The van der Waals surface area contributed by atoms with Crippen molar-refractivity contribution >= 4 is 7.60 Å². The highest BCUT2D eigenvalue weighted by molar-refractivity contribution is 7.50. The van der Waals surface area contributed by atoms with Gasteiger partial charge in [0.15, 0.2) is 0 Å². The lowest BCUT2D eigenvalue weighted by Crippen LogP contribution is -1.93. The molecule has 1 rings (SSSR count). The summed E-state index contributed by atoms with van der Waals surface area (Å²) in [5, 5.41) is 0. The van der Waals surface area contributed by atoms with E-state index in [1.807, 2.05) is 19.1 Å². The maximum absolute atomic E-state index is 10.8. The van der Waals surface area contributed by atoms with Crippen LogP contribution in [0.4, 0.5) is 0 Å². The molecule has 0 amide bonds. The van der Waals surface area contributed by atoms with Crippen LogP contribution in [0, 0.1) is 0 Å². The van der Waals surface area contributed by atoms with E-state index in [0.29, 0.717) is 0 Å². The van der Waals surface area contributed by atoms with E-state index in [-0.39, 0.29) is 6.16 Å². The summed E-state index contributed by atoms with van der Waals surface area (Å²) in [5.41, 5.74) is 1.75. The van der Waals surface area contributed by atoms with Gasteiger partial charge in [0.2, 0.25) is 0 Å². The van der Waals surface area contributed by atoms with Crippen LogP contribution < -0.4 is 0 Å². The Morgan fingerprint density at radius 2 is 1.77 bits per heavy atom. The molecular weight excluding hydrogens is 187 g/mol. The first-order valence-electron chi connectivity index (χ1n) is 4.14. The van der Waals surface area contributed by atoms with E-state index >= 15 is 0 Å². The van der Waals surface area contributed by atoms with Gasteiger partial charge in [0, 0.05) is 0 Å². The van der Waals surface area contributed by atoms with Crippen LogP contribution in [0.3, 0.4) is 0 Å². The van der Waals surface area contributed by atoms with E-state index in [1.165, 1.54) is 0 Å². The molecule has 0 aliphatic heterocycles. The van der Waals surface area contributed by atoms with Crippen LogP contribution in [-0.2, 0) is 17.1 Å². The topological polar surface area (TPSA) is 57.5 Å². The van der Waals surface area contributed by atoms with Crippen molar-refractivity contribution in [2.24, 2.45) is 0 Å². The summed E-state index contributed by atoms with van der Waals surface area (Å²) in [6.45, 7) is 1.97. The minimum Gasteiger partial charge on any atom is -0.324 e. The molecule has 0 atom stereocenters. The van der Waals surface area contributed by atoms with Crippen LogP contribution in [0.1, 0.15) is 18.1 Å². The summed E-state index contributed by atoms with van der Waals surface area (Å²) in [4.78, 5) is 17.6. The van der Waals surface area contributed by atoms with Crippen LogP contribution >= 0.6 is 7.60 Å². The van der Waals surface area contributed by atoms with Crippen molar-refractivity contribution in [3.63, 3.8) is 0 Å². The van der Waals surface area contributed by atoms with Crippen molar-refractivity contribution in [1.29, 1.82) is 0 Å². The predicted molar refractivity (Wildman–Crippen MR) is 51.6 cm³/mol. The lowest BCUT2D eigenvalue weighted by atomic mass is 10.1. The highest BCUT2D eigenvalue weighted by atomic mass is 31.2. The molecule has 0 radical (unpaired) electrons. The van der Waals surface area contributed by atoms with E-state index in [2.05, 4.69) is 0 Å². The SMILES string of the molecule is CCc1ccccc1CP(=O)(O)O. The van der Waals surface area contributed by atoms with Gasteiger partial charge < -0.3 is 9.79 Å². The second-order valence-electron chi connectivity index (χ2n) is 2.95. The van der Waals surface area contributed by atoms with Gasteiger partial charge in [-0.05, 0) is 17.5 Å². The smallest absolute Gasteiger partial charge is 0.324 e. The summed E-state index contributed by atoms with van der Waals surface area (Å²) < 4.78 is 10.8. The minimum absolute atomic E-state index is 0.156. The van der Waals surface area contributed by atoms with E-state index in [0.717, 1.165) is 17.5 Å². The fraction of sp³-hybridized carbons (Fsp3) is 0.333. The monoisotopic (exact) mass is 200 g/mol. The highest BCUT2D eigenvalue weighted by Crippen LogP contribution is 2.39. The third-order valence-electron chi connectivity index (χ3n) is 1.88. The molecule has 0 fully saturated rings. The Morgan fingerprint density at radius 3 is 2.23 bits per heavy atom. The van der Waals surface area contributed by atoms with Crippen LogP contribution in [0.5, 0.6) is 0 Å². The normalized spacial score (nSPS) is 11.6. The standard InChI is InChI=1S/C9H13O3P/c1-2-8-5-3-4-6-9(8)7-13(10,11)12/h3-6H,2,7H2,1H3,(H2,10,11,12). The summed E-state index contributed by atoms with van der Waals surface area (Å²) in [5.74, 6) is 0. The minimum atomic E-state index is -3.93. The molecule has 72 valence electrons. The van der Waals surface area contributed by atoms with E-state index in [1.54, 1.807) is 12.1 Å². The molecule has 4 heteroatoms. The molecule has 1 aromatic rings. The highest BCUT2D eigenvalue weighted by Gasteiger charge is 2.15. The number of hydrogen-bond donors (Lipinski definition) is 2. The molecule has 0 aromatic heterocycles. The fourth-order valence-corrected chi connectivity index (χ4v) is 2.03. The van der Waals surface area contributed by atoms with Gasteiger partial charge >= 0.3 is 7.60 Å². The number of aryl methyl sites for hydroxylation is 1. The Labute approximate surface area is 77.6 Å². The van der Waals surface area contributed by atoms with Gasteiger partial charge in [-0.3, -0.25) is 4.57 Å². The maximum Gasteiger partial charge on any atom is 0.329 e. The number of benzene rings is 1. The molecule has 0 saturated carbocycles. The molecule has 2 N–H and O–H groups in total. The third kappa shape index (κ3) is 3.31. The Morgan fingerprint density at radius 1 is 1.23 bits per heavy atom. The Hall–Kier alpha value is -0.630. The van der Waals surface area contributed by atoms with Gasteiger partial charge in [-0.25, -0.2) is 0 Å². The van der Waals surface area contributed by atoms with Crippen molar-refractivity contribution < 1.29 is 14.4 Å². The third-order valence-corrected chi connectivity index (χ3v) is 2.63. The van der Waals surface area contributed by atoms with Gasteiger partial charge in [0.05, 0.1) is 6.16 Å². The molecular formula is C9H13O3P.